The zero-order valence-electron chi connectivity index (χ0n) is 13.6. The Labute approximate surface area is 146 Å². The van der Waals surface area contributed by atoms with Gasteiger partial charge in [-0.2, -0.15) is 0 Å². The van der Waals surface area contributed by atoms with Crippen molar-refractivity contribution in [1.29, 1.82) is 0 Å². The average molecular weight is 364 g/mol. The number of carbonyl (C=O) groups is 1. The van der Waals surface area contributed by atoms with Gasteiger partial charge in [0.1, 0.15) is 4.21 Å². The summed E-state index contributed by atoms with van der Waals surface area (Å²) in [5, 5.41) is 2.83. The minimum atomic E-state index is -3.50. The van der Waals surface area contributed by atoms with E-state index in [2.05, 4.69) is 29.1 Å². The minimum absolute atomic E-state index is 0.136. The van der Waals surface area contributed by atoms with E-state index in [1.165, 1.54) is 37.6 Å². The Morgan fingerprint density at radius 3 is 2.42 bits per heavy atom. The summed E-state index contributed by atoms with van der Waals surface area (Å²) in [7, 11) is -2.15. The van der Waals surface area contributed by atoms with Gasteiger partial charge in [0.2, 0.25) is 10.0 Å². The van der Waals surface area contributed by atoms with Crippen LogP contribution in [0.4, 0.5) is 0 Å². The maximum atomic E-state index is 12.2. The summed E-state index contributed by atoms with van der Waals surface area (Å²) < 4.78 is 25.8. The molecule has 5 nitrogen and oxygen atoms in total. The summed E-state index contributed by atoms with van der Waals surface area (Å²) in [5.74, 6) is -0.268. The molecule has 1 fully saturated rings. The molecular weight excluding hydrogens is 344 g/mol. The molecule has 0 bridgehead atoms. The van der Waals surface area contributed by atoms with Gasteiger partial charge in [-0.1, -0.05) is 31.2 Å². The lowest BCUT2D eigenvalue weighted by atomic mass is 9.97. The van der Waals surface area contributed by atoms with Gasteiger partial charge in [-0.25, -0.2) is 13.1 Å². The second-order valence-electron chi connectivity index (χ2n) is 6.27. The molecule has 0 radical (unpaired) electrons. The molecule has 0 atom stereocenters. The minimum Gasteiger partial charge on any atom is -0.347 e. The van der Waals surface area contributed by atoms with Crippen LogP contribution in [0.15, 0.2) is 40.6 Å². The molecule has 7 heteroatoms. The van der Waals surface area contributed by atoms with Gasteiger partial charge in [-0.05, 0) is 48.6 Å². The van der Waals surface area contributed by atoms with Gasteiger partial charge in [0.15, 0.2) is 0 Å². The van der Waals surface area contributed by atoms with Gasteiger partial charge in [-0.15, -0.1) is 11.3 Å². The zero-order valence-corrected chi connectivity index (χ0v) is 15.3. The van der Waals surface area contributed by atoms with Crippen molar-refractivity contribution in [3.63, 3.8) is 0 Å². The lowest BCUT2D eigenvalue weighted by molar-refractivity contribution is 0.0955. The fourth-order valence-corrected chi connectivity index (χ4v) is 4.52. The van der Waals surface area contributed by atoms with E-state index in [9.17, 15) is 13.2 Å². The maximum absolute atomic E-state index is 12.2. The van der Waals surface area contributed by atoms with Crippen molar-refractivity contribution in [3.8, 4) is 0 Å². The van der Waals surface area contributed by atoms with Crippen LogP contribution in [0.2, 0.25) is 0 Å². The van der Waals surface area contributed by atoms with Gasteiger partial charge < -0.3 is 5.32 Å². The molecule has 1 aliphatic carbocycles. The molecule has 24 heavy (non-hydrogen) atoms. The number of thiophene rings is 1. The average Bonchev–Trinajstić information content (AvgIpc) is 3.13. The molecule has 1 aromatic heterocycles. The number of benzene rings is 1. The largest absolute Gasteiger partial charge is 0.347 e. The van der Waals surface area contributed by atoms with E-state index in [-0.39, 0.29) is 10.1 Å². The smallest absolute Gasteiger partial charge is 0.261 e. The number of nitrogens with one attached hydrogen (secondary N) is 2. The van der Waals surface area contributed by atoms with Crippen molar-refractivity contribution in [3.05, 3.63) is 52.4 Å². The van der Waals surface area contributed by atoms with Crippen molar-refractivity contribution in [2.24, 2.45) is 0 Å². The highest BCUT2D eigenvalue weighted by Crippen LogP contribution is 2.47. The van der Waals surface area contributed by atoms with E-state index in [0.717, 1.165) is 16.9 Å². The molecule has 0 spiro atoms. The highest BCUT2D eigenvalue weighted by Gasteiger charge is 2.38. The van der Waals surface area contributed by atoms with Crippen molar-refractivity contribution in [2.45, 2.75) is 35.9 Å². The Balaban J connectivity index is 1.61. The Morgan fingerprint density at radius 2 is 1.83 bits per heavy atom. The van der Waals surface area contributed by atoms with Crippen LogP contribution in [-0.4, -0.2) is 21.4 Å². The fraction of sp³-hybridized carbons (Fsp3) is 0.353. The van der Waals surface area contributed by atoms with Crippen LogP contribution < -0.4 is 10.0 Å². The van der Waals surface area contributed by atoms with E-state index in [1.807, 2.05) is 12.1 Å². The first-order chi connectivity index (χ1) is 11.3. The van der Waals surface area contributed by atoms with Crippen molar-refractivity contribution in [1.82, 2.24) is 10.0 Å². The van der Waals surface area contributed by atoms with Crippen molar-refractivity contribution >= 4 is 27.3 Å². The SMILES string of the molecule is CNS(=O)(=O)c1ccc(C(=O)NCc2ccc(C3(C)CC3)cc2)s1. The molecule has 1 aliphatic rings. The third-order valence-electron chi connectivity index (χ3n) is 4.44. The number of hydrogen-bond donors (Lipinski definition) is 2. The van der Waals surface area contributed by atoms with Crippen LogP contribution in [0, 0.1) is 0 Å². The quantitative estimate of drug-likeness (QED) is 0.827. The molecule has 2 N–H and O–H groups in total. The van der Waals surface area contributed by atoms with Gasteiger partial charge in [0.05, 0.1) is 4.88 Å². The normalized spacial score (nSPS) is 15.9. The van der Waals surface area contributed by atoms with Gasteiger partial charge in [0, 0.05) is 6.54 Å². The lowest BCUT2D eigenvalue weighted by Crippen LogP contribution is -2.22. The van der Waals surface area contributed by atoms with Gasteiger partial charge in [-0.3, -0.25) is 4.79 Å². The van der Waals surface area contributed by atoms with E-state index >= 15 is 0 Å². The molecule has 2 aromatic rings. The Kier molecular flexibility index (Phi) is 4.50. The third kappa shape index (κ3) is 3.53. The Morgan fingerprint density at radius 1 is 1.17 bits per heavy atom. The summed E-state index contributed by atoms with van der Waals surface area (Å²) in [4.78, 5) is 12.5. The first kappa shape index (κ1) is 17.1. The summed E-state index contributed by atoms with van der Waals surface area (Å²) in [6.07, 6.45) is 2.47. The Bertz CT molecular complexity index is 850. The predicted molar refractivity (Wildman–Crippen MR) is 94.8 cm³/mol. The highest BCUT2D eigenvalue weighted by atomic mass is 32.2. The van der Waals surface area contributed by atoms with E-state index in [0.29, 0.717) is 16.8 Å². The molecule has 1 aromatic carbocycles. The molecule has 1 amide bonds. The number of carbonyl (C=O) groups excluding carboxylic acids is 1. The number of sulfonamides is 1. The number of rotatable bonds is 6. The van der Waals surface area contributed by atoms with Crippen LogP contribution in [-0.2, 0) is 22.0 Å². The molecule has 1 saturated carbocycles. The third-order valence-corrected chi connectivity index (χ3v) is 7.43. The van der Waals surface area contributed by atoms with Crippen molar-refractivity contribution in [2.75, 3.05) is 7.05 Å². The predicted octanol–water partition coefficient (Wildman–Crippen LogP) is 2.64. The summed E-state index contributed by atoms with van der Waals surface area (Å²) in [5.41, 5.74) is 2.71. The molecule has 3 rings (SSSR count). The fourth-order valence-electron chi connectivity index (χ4n) is 2.46. The molecule has 0 unspecified atom stereocenters. The second kappa shape index (κ2) is 6.31. The summed E-state index contributed by atoms with van der Waals surface area (Å²) in [6.45, 7) is 2.68. The van der Waals surface area contributed by atoms with Crippen molar-refractivity contribution < 1.29 is 13.2 Å². The number of hydrogen-bond acceptors (Lipinski definition) is 4. The van der Waals surface area contributed by atoms with E-state index in [4.69, 9.17) is 0 Å². The molecule has 128 valence electrons. The standard InChI is InChI=1S/C17H20N2O3S2/c1-17(9-10-17)13-5-3-12(4-6-13)11-19-16(20)14-7-8-15(23-14)24(21,22)18-2/h3-8,18H,9-11H2,1-2H3,(H,19,20). The lowest BCUT2D eigenvalue weighted by Gasteiger charge is -2.10. The van der Waals surface area contributed by atoms with E-state index < -0.39 is 10.0 Å². The maximum Gasteiger partial charge on any atom is 0.261 e. The first-order valence-electron chi connectivity index (χ1n) is 7.75. The molecule has 0 aliphatic heterocycles. The summed E-state index contributed by atoms with van der Waals surface area (Å²) in [6, 6.07) is 11.3. The van der Waals surface area contributed by atoms with Crippen LogP contribution in [0.25, 0.3) is 0 Å². The Hall–Kier alpha value is -1.70. The molecule has 1 heterocycles. The van der Waals surface area contributed by atoms with Gasteiger partial charge in [0.25, 0.3) is 5.91 Å². The second-order valence-corrected chi connectivity index (χ2v) is 9.46. The van der Waals surface area contributed by atoms with Crippen LogP contribution in [0.5, 0.6) is 0 Å². The van der Waals surface area contributed by atoms with E-state index in [1.54, 1.807) is 0 Å². The summed E-state index contributed by atoms with van der Waals surface area (Å²) >= 11 is 0.959. The highest BCUT2D eigenvalue weighted by molar-refractivity contribution is 7.91. The topological polar surface area (TPSA) is 75.3 Å². The molecule has 0 saturated heterocycles. The molecular formula is C17H20N2O3S2. The monoisotopic (exact) mass is 364 g/mol. The van der Waals surface area contributed by atoms with Crippen LogP contribution in [0.3, 0.4) is 0 Å². The van der Waals surface area contributed by atoms with Crippen LogP contribution >= 0.6 is 11.3 Å². The van der Waals surface area contributed by atoms with Crippen LogP contribution in [0.1, 0.15) is 40.6 Å². The number of amides is 1. The first-order valence-corrected chi connectivity index (χ1v) is 10.0. The van der Waals surface area contributed by atoms with Gasteiger partial charge >= 0.3 is 0 Å². The zero-order chi connectivity index (χ0) is 17.4.